The van der Waals surface area contributed by atoms with Gasteiger partial charge in [0, 0.05) is 36.7 Å². The monoisotopic (exact) mass is 363 g/mol. The van der Waals surface area contributed by atoms with Crippen LogP contribution in [0.15, 0.2) is 48.6 Å². The molecule has 27 heavy (non-hydrogen) atoms. The molecule has 0 spiro atoms. The van der Waals surface area contributed by atoms with Gasteiger partial charge in [-0.15, -0.1) is 0 Å². The van der Waals surface area contributed by atoms with Crippen molar-refractivity contribution in [3.63, 3.8) is 0 Å². The van der Waals surface area contributed by atoms with Gasteiger partial charge in [-0.1, -0.05) is 36.4 Å². The number of allylic oxidation sites excluding steroid dienone is 1. The highest BCUT2D eigenvalue weighted by Gasteiger charge is 2.27. The first-order valence-electron chi connectivity index (χ1n) is 9.30. The van der Waals surface area contributed by atoms with E-state index < -0.39 is 0 Å². The van der Waals surface area contributed by atoms with Crippen LogP contribution in [-0.2, 0) is 6.42 Å². The molecule has 0 amide bonds. The molecule has 0 fully saturated rings. The van der Waals surface area contributed by atoms with Crippen LogP contribution in [0.1, 0.15) is 23.1 Å². The highest BCUT2D eigenvalue weighted by molar-refractivity contribution is 5.82. The number of fused-ring (bicyclic) bond motifs is 1. The predicted molar refractivity (Wildman–Crippen MR) is 108 cm³/mol. The summed E-state index contributed by atoms with van der Waals surface area (Å²) in [4.78, 5) is 2.31. The molecule has 0 N–H and O–H groups in total. The third kappa shape index (κ3) is 3.33. The Balaban J connectivity index is 1.84. The molecule has 2 aliphatic heterocycles. The standard InChI is InChI=1S/C23H25NO3/c1-24-13-11-17(12-14-24)22-21(26-3)15-20(25-2)18-9-10-19(27-23(18)22)16-7-5-4-6-8-16/h4-8,10-11,15H,9,12-14H2,1-3H3. The molecular weight excluding hydrogens is 338 g/mol. The molecule has 4 nitrogen and oxygen atoms in total. The van der Waals surface area contributed by atoms with E-state index in [9.17, 15) is 0 Å². The lowest BCUT2D eigenvalue weighted by atomic mass is 9.92. The minimum absolute atomic E-state index is 0.771. The third-order valence-electron chi connectivity index (χ3n) is 5.24. The van der Waals surface area contributed by atoms with Gasteiger partial charge in [0.15, 0.2) is 0 Å². The minimum atomic E-state index is 0.771. The molecule has 4 rings (SSSR count). The molecule has 0 bridgehead atoms. The number of methoxy groups -OCH3 is 2. The normalized spacial score (nSPS) is 16.7. The van der Waals surface area contributed by atoms with Gasteiger partial charge in [0.05, 0.1) is 19.8 Å². The van der Waals surface area contributed by atoms with Gasteiger partial charge in [0.25, 0.3) is 0 Å². The molecule has 0 unspecified atom stereocenters. The number of rotatable bonds is 4. The smallest absolute Gasteiger partial charge is 0.145 e. The Morgan fingerprint density at radius 3 is 2.44 bits per heavy atom. The number of hydrogen-bond donors (Lipinski definition) is 0. The Morgan fingerprint density at radius 2 is 1.78 bits per heavy atom. The van der Waals surface area contributed by atoms with E-state index in [1.54, 1.807) is 14.2 Å². The van der Waals surface area contributed by atoms with Crippen molar-refractivity contribution in [3.8, 4) is 17.2 Å². The molecule has 2 aromatic carbocycles. The van der Waals surface area contributed by atoms with Crippen LogP contribution in [0.2, 0.25) is 0 Å². The summed E-state index contributed by atoms with van der Waals surface area (Å²) in [5.74, 6) is 3.36. The van der Waals surface area contributed by atoms with Crippen LogP contribution in [-0.4, -0.2) is 39.3 Å². The van der Waals surface area contributed by atoms with Crippen molar-refractivity contribution < 1.29 is 14.2 Å². The summed E-state index contributed by atoms with van der Waals surface area (Å²) < 4.78 is 17.8. The fraction of sp³-hybridized carbons (Fsp3) is 0.304. The molecule has 2 heterocycles. The lowest BCUT2D eigenvalue weighted by Crippen LogP contribution is -2.24. The van der Waals surface area contributed by atoms with Crippen LogP contribution < -0.4 is 14.2 Å². The molecule has 4 heteroatoms. The van der Waals surface area contributed by atoms with E-state index in [1.165, 1.54) is 5.57 Å². The van der Waals surface area contributed by atoms with E-state index >= 15 is 0 Å². The van der Waals surface area contributed by atoms with Crippen LogP contribution >= 0.6 is 0 Å². The van der Waals surface area contributed by atoms with Gasteiger partial charge in [-0.3, -0.25) is 0 Å². The van der Waals surface area contributed by atoms with Gasteiger partial charge < -0.3 is 19.1 Å². The Hall–Kier alpha value is -2.72. The average Bonchev–Trinajstić information content (AvgIpc) is 2.73. The van der Waals surface area contributed by atoms with E-state index in [1.807, 2.05) is 24.3 Å². The van der Waals surface area contributed by atoms with Crippen LogP contribution in [0.25, 0.3) is 11.3 Å². The Kier molecular flexibility index (Phi) is 4.90. The van der Waals surface area contributed by atoms with E-state index in [2.05, 4.69) is 36.2 Å². The third-order valence-corrected chi connectivity index (χ3v) is 5.24. The Bertz CT molecular complexity index is 900. The SMILES string of the molecule is COc1cc(OC)c(C2=CCN(C)CC2)c2c1CC=C(c1ccccc1)O2. The lowest BCUT2D eigenvalue weighted by molar-refractivity contribution is 0.366. The summed E-state index contributed by atoms with van der Waals surface area (Å²) in [7, 11) is 5.54. The van der Waals surface area contributed by atoms with Gasteiger partial charge in [-0.05, 0) is 25.1 Å². The first kappa shape index (κ1) is 17.7. The Labute approximate surface area is 160 Å². The van der Waals surface area contributed by atoms with E-state index in [0.29, 0.717) is 0 Å². The van der Waals surface area contributed by atoms with Crippen molar-refractivity contribution >= 4 is 11.3 Å². The van der Waals surface area contributed by atoms with Crippen molar-refractivity contribution in [2.24, 2.45) is 0 Å². The highest BCUT2D eigenvalue weighted by atomic mass is 16.5. The zero-order chi connectivity index (χ0) is 18.8. The predicted octanol–water partition coefficient (Wildman–Crippen LogP) is 4.40. The first-order chi connectivity index (χ1) is 13.2. The van der Waals surface area contributed by atoms with Gasteiger partial charge >= 0.3 is 0 Å². The molecule has 0 aromatic heterocycles. The van der Waals surface area contributed by atoms with Crippen LogP contribution in [0.5, 0.6) is 17.2 Å². The van der Waals surface area contributed by atoms with Gasteiger partial charge in [-0.25, -0.2) is 0 Å². The molecule has 0 saturated heterocycles. The maximum atomic E-state index is 6.46. The van der Waals surface area contributed by atoms with Gasteiger partial charge in [0.2, 0.25) is 0 Å². The van der Waals surface area contributed by atoms with Crippen molar-refractivity contribution in [3.05, 3.63) is 65.2 Å². The fourth-order valence-electron chi connectivity index (χ4n) is 3.73. The first-order valence-corrected chi connectivity index (χ1v) is 9.30. The van der Waals surface area contributed by atoms with Crippen LogP contribution in [0.4, 0.5) is 0 Å². The highest BCUT2D eigenvalue weighted by Crippen LogP contribution is 2.47. The number of ether oxygens (including phenoxy) is 3. The second kappa shape index (κ2) is 7.49. The second-order valence-electron chi connectivity index (χ2n) is 6.95. The molecular formula is C23H25NO3. The van der Waals surface area contributed by atoms with E-state index in [0.717, 1.165) is 65.6 Å². The van der Waals surface area contributed by atoms with Crippen molar-refractivity contribution in [1.82, 2.24) is 4.90 Å². The van der Waals surface area contributed by atoms with E-state index in [4.69, 9.17) is 14.2 Å². The minimum Gasteiger partial charge on any atom is -0.496 e. The summed E-state index contributed by atoms with van der Waals surface area (Å²) in [6, 6.07) is 12.2. The zero-order valence-electron chi connectivity index (χ0n) is 16.1. The molecule has 0 aliphatic carbocycles. The van der Waals surface area contributed by atoms with Crippen LogP contribution in [0.3, 0.4) is 0 Å². The number of hydrogen-bond acceptors (Lipinski definition) is 4. The summed E-state index contributed by atoms with van der Waals surface area (Å²) in [6.45, 7) is 1.96. The molecule has 0 saturated carbocycles. The van der Waals surface area contributed by atoms with Crippen LogP contribution in [0, 0.1) is 0 Å². The molecule has 0 atom stereocenters. The largest absolute Gasteiger partial charge is 0.496 e. The fourth-order valence-corrected chi connectivity index (χ4v) is 3.73. The summed E-state index contributed by atoms with van der Waals surface area (Å²) in [6.07, 6.45) is 6.14. The number of benzene rings is 2. The zero-order valence-corrected chi connectivity index (χ0v) is 16.1. The topological polar surface area (TPSA) is 30.9 Å². The molecule has 2 aliphatic rings. The number of nitrogens with zero attached hydrogens (tertiary/aromatic N) is 1. The van der Waals surface area contributed by atoms with Crippen molar-refractivity contribution in [1.29, 1.82) is 0 Å². The maximum Gasteiger partial charge on any atom is 0.145 e. The molecule has 2 aromatic rings. The summed E-state index contributed by atoms with van der Waals surface area (Å²) >= 11 is 0. The lowest BCUT2D eigenvalue weighted by Gasteiger charge is -2.28. The maximum absolute atomic E-state index is 6.46. The van der Waals surface area contributed by atoms with Gasteiger partial charge in [-0.2, -0.15) is 0 Å². The Morgan fingerprint density at radius 1 is 1.00 bits per heavy atom. The van der Waals surface area contributed by atoms with E-state index in [-0.39, 0.29) is 0 Å². The quantitative estimate of drug-likeness (QED) is 0.806. The van der Waals surface area contributed by atoms with Gasteiger partial charge in [0.1, 0.15) is 23.0 Å². The average molecular weight is 363 g/mol. The summed E-state index contributed by atoms with van der Waals surface area (Å²) in [5.41, 5.74) is 4.49. The second-order valence-corrected chi connectivity index (χ2v) is 6.95. The van der Waals surface area contributed by atoms with Crippen molar-refractivity contribution in [2.45, 2.75) is 12.8 Å². The van der Waals surface area contributed by atoms with Crippen molar-refractivity contribution in [2.75, 3.05) is 34.4 Å². The summed E-state index contributed by atoms with van der Waals surface area (Å²) in [5, 5.41) is 0. The molecule has 0 radical (unpaired) electrons. The molecule has 140 valence electrons. The number of likely N-dealkylation sites (N-methyl/N-ethyl adjacent to an activating group) is 1.